The van der Waals surface area contributed by atoms with E-state index in [2.05, 4.69) is 21.4 Å². The minimum atomic E-state index is -4.40. The quantitative estimate of drug-likeness (QED) is 0.644. The molecule has 8 heteroatoms. The zero-order valence-electron chi connectivity index (χ0n) is 18.6. The first-order chi connectivity index (χ1) is 15.2. The highest BCUT2D eigenvalue weighted by Gasteiger charge is 2.33. The van der Waals surface area contributed by atoms with Crippen molar-refractivity contribution in [3.05, 3.63) is 70.2 Å². The zero-order chi connectivity index (χ0) is 23.0. The summed E-state index contributed by atoms with van der Waals surface area (Å²) in [5.41, 5.74) is 3.54. The Morgan fingerprint density at radius 3 is 2.69 bits per heavy atom. The summed E-state index contributed by atoms with van der Waals surface area (Å²) in [5, 5.41) is 4.13. The normalized spacial score (nSPS) is 16.3. The second kappa shape index (κ2) is 8.50. The summed E-state index contributed by atoms with van der Waals surface area (Å²) in [6.45, 7) is 6.88. The molecule has 0 aliphatic carbocycles. The average Bonchev–Trinajstić information content (AvgIpc) is 2.77. The van der Waals surface area contributed by atoms with E-state index in [0.29, 0.717) is 11.1 Å². The van der Waals surface area contributed by atoms with E-state index >= 15 is 0 Å². The maximum Gasteiger partial charge on any atom is 0.416 e. The SMILES string of the molecule is Cc1c([C@@H](C)N=c2nc(C)n(C)c3cnc(C4=CCNCC4)cc23)cccc1C(F)(F)F. The number of halogens is 3. The number of benzene rings is 1. The van der Waals surface area contributed by atoms with Crippen LogP contribution in [0.3, 0.4) is 0 Å². The third kappa shape index (κ3) is 4.19. The van der Waals surface area contributed by atoms with E-state index in [1.54, 1.807) is 13.0 Å². The van der Waals surface area contributed by atoms with Crippen LogP contribution in [-0.2, 0) is 13.2 Å². The van der Waals surface area contributed by atoms with Crippen molar-refractivity contribution in [1.29, 1.82) is 0 Å². The Morgan fingerprint density at radius 1 is 1.22 bits per heavy atom. The number of hydrogen-bond donors (Lipinski definition) is 1. The fraction of sp³-hybridized carbons (Fsp3) is 0.375. The van der Waals surface area contributed by atoms with Gasteiger partial charge in [0.15, 0.2) is 5.49 Å². The van der Waals surface area contributed by atoms with Gasteiger partial charge in [0.2, 0.25) is 0 Å². The number of rotatable bonds is 3. The standard InChI is InChI=1S/C24H26F3N5/c1-14-18(6-5-7-20(14)24(25,26)27)15(2)30-23-19-12-21(17-8-10-28-11-9-17)29-13-22(19)32(4)16(3)31-23/h5-8,12-13,15,28H,9-11H2,1-4H3/t15-/m1/s1. The predicted molar refractivity (Wildman–Crippen MR) is 119 cm³/mol. The van der Waals surface area contributed by atoms with Crippen LogP contribution in [0.2, 0.25) is 0 Å². The number of alkyl halides is 3. The fourth-order valence-electron chi connectivity index (χ4n) is 4.15. The van der Waals surface area contributed by atoms with Crippen molar-refractivity contribution in [3.63, 3.8) is 0 Å². The molecule has 3 aromatic rings. The smallest absolute Gasteiger partial charge is 0.331 e. The third-order valence-corrected chi connectivity index (χ3v) is 6.08. The van der Waals surface area contributed by atoms with Crippen molar-refractivity contribution in [2.45, 2.75) is 39.4 Å². The Bertz CT molecular complexity index is 1270. The van der Waals surface area contributed by atoms with Crippen LogP contribution in [0.15, 0.2) is 41.5 Å². The maximum atomic E-state index is 13.4. The Balaban J connectivity index is 1.88. The predicted octanol–water partition coefficient (Wildman–Crippen LogP) is 4.64. The molecule has 1 aliphatic heterocycles. The lowest BCUT2D eigenvalue weighted by molar-refractivity contribution is -0.138. The summed E-state index contributed by atoms with van der Waals surface area (Å²) < 4.78 is 42.1. The zero-order valence-corrected chi connectivity index (χ0v) is 18.6. The number of nitrogens with one attached hydrogen (secondary N) is 1. The number of aromatic nitrogens is 3. The summed E-state index contributed by atoms with van der Waals surface area (Å²) in [6.07, 6.45) is 0.438. The van der Waals surface area contributed by atoms with Gasteiger partial charge in [-0.15, -0.1) is 0 Å². The van der Waals surface area contributed by atoms with Gasteiger partial charge in [-0.2, -0.15) is 13.2 Å². The van der Waals surface area contributed by atoms with Gasteiger partial charge in [0.1, 0.15) is 5.82 Å². The first-order valence-corrected chi connectivity index (χ1v) is 10.6. The summed E-state index contributed by atoms with van der Waals surface area (Å²) >= 11 is 0. The Kier molecular flexibility index (Phi) is 5.90. The van der Waals surface area contributed by atoms with Gasteiger partial charge >= 0.3 is 6.18 Å². The van der Waals surface area contributed by atoms with Gasteiger partial charge in [-0.3, -0.25) is 9.98 Å². The largest absolute Gasteiger partial charge is 0.416 e. The van der Waals surface area contributed by atoms with Gasteiger partial charge in [-0.05, 0) is 62.6 Å². The van der Waals surface area contributed by atoms with E-state index < -0.39 is 17.8 Å². The van der Waals surface area contributed by atoms with E-state index in [1.165, 1.54) is 18.6 Å². The molecule has 1 aromatic carbocycles. The van der Waals surface area contributed by atoms with E-state index in [-0.39, 0.29) is 5.56 Å². The number of fused-ring (bicyclic) bond motifs is 1. The van der Waals surface area contributed by atoms with E-state index in [1.807, 2.05) is 30.8 Å². The third-order valence-electron chi connectivity index (χ3n) is 6.08. The van der Waals surface area contributed by atoms with Crippen LogP contribution in [-0.4, -0.2) is 27.6 Å². The van der Waals surface area contributed by atoms with Gasteiger partial charge in [0, 0.05) is 19.0 Å². The summed E-state index contributed by atoms with van der Waals surface area (Å²) in [4.78, 5) is 14.1. The van der Waals surface area contributed by atoms with Crippen molar-refractivity contribution in [2.75, 3.05) is 13.1 Å². The highest BCUT2D eigenvalue weighted by atomic mass is 19.4. The molecule has 0 saturated heterocycles. The molecular weight excluding hydrogens is 415 g/mol. The average molecular weight is 442 g/mol. The maximum absolute atomic E-state index is 13.4. The highest BCUT2D eigenvalue weighted by molar-refractivity contribution is 5.81. The van der Waals surface area contributed by atoms with Crippen molar-refractivity contribution in [3.8, 4) is 0 Å². The summed E-state index contributed by atoms with van der Waals surface area (Å²) in [7, 11) is 1.92. The molecule has 5 nitrogen and oxygen atoms in total. The van der Waals surface area contributed by atoms with Gasteiger partial charge in [-0.1, -0.05) is 18.2 Å². The molecule has 0 spiro atoms. The molecule has 0 unspecified atom stereocenters. The lowest BCUT2D eigenvalue weighted by atomic mass is 9.97. The highest BCUT2D eigenvalue weighted by Crippen LogP contribution is 2.35. The van der Waals surface area contributed by atoms with Gasteiger partial charge < -0.3 is 9.88 Å². The van der Waals surface area contributed by atoms with E-state index in [4.69, 9.17) is 4.99 Å². The second-order valence-electron chi connectivity index (χ2n) is 8.13. The molecule has 0 bridgehead atoms. The fourth-order valence-corrected chi connectivity index (χ4v) is 4.15. The minimum absolute atomic E-state index is 0.195. The van der Waals surface area contributed by atoms with Crippen LogP contribution < -0.4 is 10.8 Å². The van der Waals surface area contributed by atoms with E-state index in [9.17, 15) is 13.2 Å². The lowest BCUT2D eigenvalue weighted by Gasteiger charge is -2.17. The second-order valence-corrected chi connectivity index (χ2v) is 8.13. The molecule has 32 heavy (non-hydrogen) atoms. The van der Waals surface area contributed by atoms with Crippen molar-refractivity contribution in [2.24, 2.45) is 12.0 Å². The van der Waals surface area contributed by atoms with Crippen molar-refractivity contribution < 1.29 is 13.2 Å². The monoisotopic (exact) mass is 441 g/mol. The first-order valence-electron chi connectivity index (χ1n) is 10.6. The van der Waals surface area contributed by atoms with Gasteiger partial charge in [0.25, 0.3) is 0 Å². The summed E-state index contributed by atoms with van der Waals surface area (Å²) in [5.74, 6) is 0.750. The molecular formula is C24H26F3N5. The Hall–Kier alpha value is -3.00. The van der Waals surface area contributed by atoms with E-state index in [0.717, 1.165) is 48.0 Å². The van der Waals surface area contributed by atoms with Crippen LogP contribution in [0.1, 0.15) is 47.6 Å². The molecule has 0 amide bonds. The summed E-state index contributed by atoms with van der Waals surface area (Å²) in [6, 6.07) is 5.74. The molecule has 3 heterocycles. The number of aryl methyl sites for hydroxylation is 2. The van der Waals surface area contributed by atoms with Crippen LogP contribution in [0.4, 0.5) is 13.2 Å². The van der Waals surface area contributed by atoms with Gasteiger partial charge in [0.05, 0.1) is 29.0 Å². The molecule has 168 valence electrons. The number of hydrogen-bond acceptors (Lipinski definition) is 4. The van der Waals surface area contributed by atoms with Crippen LogP contribution in [0, 0.1) is 13.8 Å². The molecule has 0 saturated carbocycles. The molecule has 4 rings (SSSR count). The van der Waals surface area contributed by atoms with Gasteiger partial charge in [-0.25, -0.2) is 4.98 Å². The number of nitrogens with zero attached hydrogens (tertiary/aromatic N) is 4. The molecule has 1 atom stereocenters. The lowest BCUT2D eigenvalue weighted by Crippen LogP contribution is -2.21. The molecule has 1 aliphatic rings. The minimum Gasteiger partial charge on any atom is -0.331 e. The molecule has 0 fully saturated rings. The topological polar surface area (TPSA) is 55.1 Å². The van der Waals surface area contributed by atoms with Crippen molar-refractivity contribution in [1.82, 2.24) is 19.9 Å². The molecule has 0 radical (unpaired) electrons. The number of pyridine rings is 1. The van der Waals surface area contributed by atoms with Crippen molar-refractivity contribution >= 4 is 16.5 Å². The first kappa shape index (κ1) is 22.2. The van der Waals surface area contributed by atoms with Crippen LogP contribution in [0.5, 0.6) is 0 Å². The van der Waals surface area contributed by atoms with Crippen LogP contribution in [0.25, 0.3) is 16.5 Å². The Morgan fingerprint density at radius 2 is 2.00 bits per heavy atom. The van der Waals surface area contributed by atoms with Crippen LogP contribution >= 0.6 is 0 Å². The molecule has 2 aromatic heterocycles. The Labute approximate surface area is 184 Å². The molecule has 1 N–H and O–H groups in total.